The molecule has 2 N–H and O–H groups in total. The summed E-state index contributed by atoms with van der Waals surface area (Å²) in [7, 11) is 0. The molecule has 0 aliphatic carbocycles. The highest BCUT2D eigenvalue weighted by atomic mass is 32.2. The van der Waals surface area contributed by atoms with Crippen molar-refractivity contribution in [2.75, 3.05) is 5.75 Å². The fourth-order valence-corrected chi connectivity index (χ4v) is 3.87. The zero-order valence-electron chi connectivity index (χ0n) is 7.69. The number of nitrogens with one attached hydrogen (secondary N) is 1. The molecule has 1 aliphatic heterocycles. The molecular formula is C9H11NO2S2. The molecule has 3 nitrogen and oxygen atoms in total. The van der Waals surface area contributed by atoms with Gasteiger partial charge in [-0.05, 0) is 23.9 Å². The monoisotopic (exact) mass is 229 g/mol. The molecule has 1 aromatic heterocycles. The van der Waals surface area contributed by atoms with E-state index in [0.717, 1.165) is 0 Å². The van der Waals surface area contributed by atoms with E-state index < -0.39 is 12.0 Å². The molecule has 0 aromatic carbocycles. The predicted octanol–water partition coefficient (Wildman–Crippen LogP) is 1.84. The van der Waals surface area contributed by atoms with E-state index in [1.54, 1.807) is 23.1 Å². The molecule has 1 saturated heterocycles. The minimum Gasteiger partial charge on any atom is -0.480 e. The van der Waals surface area contributed by atoms with Gasteiger partial charge in [-0.2, -0.15) is 0 Å². The van der Waals surface area contributed by atoms with Gasteiger partial charge >= 0.3 is 5.97 Å². The molecule has 76 valence electrons. The fourth-order valence-electron chi connectivity index (χ4n) is 1.42. The third-order valence-electron chi connectivity index (χ3n) is 2.22. The lowest BCUT2D eigenvalue weighted by atomic mass is 10.2. The summed E-state index contributed by atoms with van der Waals surface area (Å²) >= 11 is 3.35. The molecule has 0 amide bonds. The SMILES string of the molecule is Cc1ccsc1C1N[C@H](C(=O)O)CS1. The van der Waals surface area contributed by atoms with Crippen molar-refractivity contribution in [2.24, 2.45) is 0 Å². The van der Waals surface area contributed by atoms with E-state index in [1.807, 2.05) is 5.38 Å². The quantitative estimate of drug-likeness (QED) is 0.812. The summed E-state index contributed by atoms with van der Waals surface area (Å²) in [5.74, 6) is -0.105. The molecule has 2 rings (SSSR count). The van der Waals surface area contributed by atoms with Crippen LogP contribution in [-0.2, 0) is 4.79 Å². The molecule has 5 heteroatoms. The van der Waals surface area contributed by atoms with Crippen molar-refractivity contribution in [1.29, 1.82) is 0 Å². The van der Waals surface area contributed by atoms with Crippen molar-refractivity contribution in [3.63, 3.8) is 0 Å². The smallest absolute Gasteiger partial charge is 0.321 e. The minimum absolute atomic E-state index is 0.163. The molecule has 1 aromatic rings. The van der Waals surface area contributed by atoms with Crippen molar-refractivity contribution in [3.05, 3.63) is 21.9 Å². The van der Waals surface area contributed by atoms with Crippen LogP contribution in [0.1, 0.15) is 15.8 Å². The highest BCUT2D eigenvalue weighted by Crippen LogP contribution is 2.37. The Morgan fingerprint density at radius 3 is 3.00 bits per heavy atom. The standard InChI is InChI=1S/C9H11NO2S2/c1-5-2-3-13-7(5)8-10-6(4-14-8)9(11)12/h2-3,6,8,10H,4H2,1H3,(H,11,12)/t6-,8?/m0/s1. The Morgan fingerprint density at radius 2 is 2.50 bits per heavy atom. The van der Waals surface area contributed by atoms with E-state index in [0.29, 0.717) is 5.75 Å². The van der Waals surface area contributed by atoms with Crippen LogP contribution >= 0.6 is 23.1 Å². The van der Waals surface area contributed by atoms with Crippen LogP contribution < -0.4 is 5.32 Å². The Morgan fingerprint density at radius 1 is 1.71 bits per heavy atom. The first-order valence-electron chi connectivity index (χ1n) is 4.33. The van der Waals surface area contributed by atoms with Gasteiger partial charge in [0.15, 0.2) is 0 Å². The van der Waals surface area contributed by atoms with E-state index in [9.17, 15) is 4.79 Å². The number of aliphatic carboxylic acids is 1. The van der Waals surface area contributed by atoms with Crippen LogP contribution in [0.25, 0.3) is 0 Å². The molecule has 14 heavy (non-hydrogen) atoms. The second kappa shape index (κ2) is 3.92. The van der Waals surface area contributed by atoms with Gasteiger partial charge in [-0.1, -0.05) is 0 Å². The van der Waals surface area contributed by atoms with E-state index in [4.69, 9.17) is 5.11 Å². The lowest BCUT2D eigenvalue weighted by Crippen LogP contribution is -2.33. The maximum atomic E-state index is 10.7. The van der Waals surface area contributed by atoms with Gasteiger partial charge in [-0.25, -0.2) is 0 Å². The van der Waals surface area contributed by atoms with Crippen LogP contribution in [0.3, 0.4) is 0 Å². The maximum Gasteiger partial charge on any atom is 0.321 e. The molecule has 0 saturated carbocycles. The Hall–Kier alpha value is -0.520. The van der Waals surface area contributed by atoms with Gasteiger partial charge in [-0.15, -0.1) is 23.1 Å². The number of thiophene rings is 1. The summed E-state index contributed by atoms with van der Waals surface area (Å²) in [5.41, 5.74) is 1.24. The Kier molecular flexibility index (Phi) is 2.80. The van der Waals surface area contributed by atoms with Crippen LogP contribution in [0, 0.1) is 6.92 Å². The van der Waals surface area contributed by atoms with Gasteiger partial charge < -0.3 is 5.11 Å². The summed E-state index contributed by atoms with van der Waals surface area (Å²) in [6, 6.07) is 1.67. The van der Waals surface area contributed by atoms with Crippen molar-refractivity contribution >= 4 is 29.1 Å². The van der Waals surface area contributed by atoms with Crippen LogP contribution in [0.5, 0.6) is 0 Å². The highest BCUT2D eigenvalue weighted by Gasteiger charge is 2.31. The zero-order chi connectivity index (χ0) is 10.1. The topological polar surface area (TPSA) is 49.3 Å². The number of hydrogen-bond donors (Lipinski definition) is 2. The normalized spacial score (nSPS) is 26.6. The first kappa shape index (κ1) is 10.0. The number of carbonyl (C=O) groups is 1. The molecule has 1 aliphatic rings. The number of carboxylic acids is 1. The average Bonchev–Trinajstić information content (AvgIpc) is 2.71. The fraction of sp³-hybridized carbons (Fsp3) is 0.444. The van der Waals surface area contributed by atoms with E-state index in [-0.39, 0.29) is 5.37 Å². The Bertz CT molecular complexity index is 350. The molecule has 0 radical (unpaired) electrons. The third kappa shape index (κ3) is 1.80. The first-order chi connectivity index (χ1) is 6.68. The first-order valence-corrected chi connectivity index (χ1v) is 6.26. The largest absolute Gasteiger partial charge is 0.480 e. The number of aryl methyl sites for hydroxylation is 1. The average molecular weight is 229 g/mol. The van der Waals surface area contributed by atoms with Gasteiger partial charge in [0, 0.05) is 10.6 Å². The summed E-state index contributed by atoms with van der Waals surface area (Å²) in [6.07, 6.45) is 0. The molecule has 0 bridgehead atoms. The number of thioether (sulfide) groups is 1. The number of rotatable bonds is 2. The van der Waals surface area contributed by atoms with Crippen molar-refractivity contribution in [3.8, 4) is 0 Å². The number of carboxylic acid groups (broad SMARTS) is 1. The lowest BCUT2D eigenvalue weighted by Gasteiger charge is -2.09. The molecule has 0 spiro atoms. The summed E-state index contributed by atoms with van der Waals surface area (Å²) < 4.78 is 0. The third-order valence-corrected chi connectivity index (χ3v) is 4.68. The van der Waals surface area contributed by atoms with Crippen molar-refractivity contribution in [2.45, 2.75) is 18.3 Å². The lowest BCUT2D eigenvalue weighted by molar-refractivity contribution is -0.138. The summed E-state index contributed by atoms with van der Waals surface area (Å²) in [5, 5.41) is 14.1. The van der Waals surface area contributed by atoms with Gasteiger partial charge in [-0.3, -0.25) is 10.1 Å². The van der Waals surface area contributed by atoms with Crippen LogP contribution in [0.15, 0.2) is 11.4 Å². The second-order valence-corrected chi connectivity index (χ2v) is 5.32. The van der Waals surface area contributed by atoms with E-state index in [1.165, 1.54) is 10.4 Å². The van der Waals surface area contributed by atoms with E-state index >= 15 is 0 Å². The Balaban J connectivity index is 2.10. The Labute approximate surface area is 90.5 Å². The number of hydrogen-bond acceptors (Lipinski definition) is 4. The molecule has 2 heterocycles. The molecule has 2 atom stereocenters. The molecule has 1 fully saturated rings. The molecular weight excluding hydrogens is 218 g/mol. The van der Waals surface area contributed by atoms with Gasteiger partial charge in [0.2, 0.25) is 0 Å². The van der Waals surface area contributed by atoms with Crippen LogP contribution in [0.2, 0.25) is 0 Å². The zero-order valence-corrected chi connectivity index (χ0v) is 9.32. The van der Waals surface area contributed by atoms with Crippen LogP contribution in [0.4, 0.5) is 0 Å². The van der Waals surface area contributed by atoms with Gasteiger partial charge in [0.25, 0.3) is 0 Å². The predicted molar refractivity (Wildman–Crippen MR) is 58.8 cm³/mol. The van der Waals surface area contributed by atoms with Gasteiger partial charge in [0.05, 0.1) is 5.37 Å². The van der Waals surface area contributed by atoms with Crippen LogP contribution in [-0.4, -0.2) is 22.9 Å². The second-order valence-electron chi connectivity index (χ2n) is 3.24. The van der Waals surface area contributed by atoms with Crippen molar-refractivity contribution in [1.82, 2.24) is 5.32 Å². The van der Waals surface area contributed by atoms with Gasteiger partial charge in [0.1, 0.15) is 6.04 Å². The molecule has 1 unspecified atom stereocenters. The summed E-state index contributed by atoms with van der Waals surface area (Å²) in [4.78, 5) is 12.0. The van der Waals surface area contributed by atoms with Crippen molar-refractivity contribution < 1.29 is 9.90 Å². The van der Waals surface area contributed by atoms with E-state index in [2.05, 4.69) is 18.3 Å². The summed E-state index contributed by atoms with van der Waals surface area (Å²) in [6.45, 7) is 2.06. The highest BCUT2D eigenvalue weighted by molar-refractivity contribution is 7.99. The minimum atomic E-state index is -0.755. The maximum absolute atomic E-state index is 10.7.